The molecule has 1 unspecified atom stereocenters. The summed E-state index contributed by atoms with van der Waals surface area (Å²) in [6.07, 6.45) is 3.86. The van der Waals surface area contributed by atoms with Crippen LogP contribution in [0.4, 0.5) is 0 Å². The molecule has 0 saturated carbocycles. The molecule has 0 amide bonds. The predicted octanol–water partition coefficient (Wildman–Crippen LogP) is 2.94. The van der Waals surface area contributed by atoms with Crippen molar-refractivity contribution < 1.29 is 0 Å². The van der Waals surface area contributed by atoms with Crippen molar-refractivity contribution in [2.45, 2.75) is 39.2 Å². The van der Waals surface area contributed by atoms with Crippen LogP contribution in [0.15, 0.2) is 30.3 Å². The fourth-order valence-corrected chi connectivity index (χ4v) is 2.93. The topological polar surface area (TPSA) is 15.3 Å². The van der Waals surface area contributed by atoms with Gasteiger partial charge in [-0.1, -0.05) is 44.2 Å². The highest BCUT2D eigenvalue weighted by molar-refractivity contribution is 5.14. The summed E-state index contributed by atoms with van der Waals surface area (Å²) < 4.78 is 0. The number of hydrogen-bond donors (Lipinski definition) is 1. The number of rotatable bonds is 7. The molecule has 1 saturated heterocycles. The molecule has 2 rings (SSSR count). The molecule has 0 bridgehead atoms. The zero-order valence-electron chi connectivity index (χ0n) is 12.4. The molecule has 1 aliphatic heterocycles. The number of nitrogens with zero attached hydrogens (tertiary/aromatic N) is 1. The van der Waals surface area contributed by atoms with Crippen molar-refractivity contribution in [2.75, 3.05) is 26.2 Å². The molecule has 1 aromatic carbocycles. The van der Waals surface area contributed by atoms with Gasteiger partial charge in [-0.05, 0) is 37.3 Å². The van der Waals surface area contributed by atoms with E-state index in [9.17, 15) is 0 Å². The van der Waals surface area contributed by atoms with Crippen LogP contribution in [0, 0.1) is 5.92 Å². The minimum Gasteiger partial charge on any atom is -0.313 e. The lowest BCUT2D eigenvalue weighted by atomic mass is 10.1. The van der Waals surface area contributed by atoms with E-state index in [1.54, 1.807) is 0 Å². The number of benzene rings is 1. The van der Waals surface area contributed by atoms with Gasteiger partial charge in [0.15, 0.2) is 0 Å². The molecule has 1 N–H and O–H groups in total. The summed E-state index contributed by atoms with van der Waals surface area (Å²) in [5.74, 6) is 0.747. The van der Waals surface area contributed by atoms with Crippen molar-refractivity contribution in [1.29, 1.82) is 0 Å². The minimum absolute atomic E-state index is 0.717. The zero-order valence-corrected chi connectivity index (χ0v) is 12.4. The summed E-state index contributed by atoms with van der Waals surface area (Å²) in [6.45, 7) is 9.45. The largest absolute Gasteiger partial charge is 0.313 e. The second-order valence-corrected chi connectivity index (χ2v) is 6.18. The van der Waals surface area contributed by atoms with Crippen molar-refractivity contribution in [2.24, 2.45) is 5.92 Å². The molecule has 106 valence electrons. The Hall–Kier alpha value is -0.860. The molecule has 0 spiro atoms. The first-order chi connectivity index (χ1) is 9.24. The van der Waals surface area contributed by atoms with Crippen LogP contribution >= 0.6 is 0 Å². The summed E-state index contributed by atoms with van der Waals surface area (Å²) in [5, 5.41) is 3.62. The first kappa shape index (κ1) is 14.5. The van der Waals surface area contributed by atoms with Crippen molar-refractivity contribution in [3.05, 3.63) is 35.9 Å². The molecule has 2 nitrogen and oxygen atoms in total. The summed E-state index contributed by atoms with van der Waals surface area (Å²) in [6, 6.07) is 11.6. The lowest BCUT2D eigenvalue weighted by molar-refractivity contribution is 0.226. The van der Waals surface area contributed by atoms with Crippen LogP contribution in [-0.2, 0) is 6.42 Å². The summed E-state index contributed by atoms with van der Waals surface area (Å²) in [4.78, 5) is 2.64. The highest BCUT2D eigenvalue weighted by Crippen LogP contribution is 2.10. The fourth-order valence-electron chi connectivity index (χ4n) is 2.93. The van der Waals surface area contributed by atoms with E-state index in [2.05, 4.69) is 54.4 Å². The van der Waals surface area contributed by atoms with E-state index >= 15 is 0 Å². The van der Waals surface area contributed by atoms with Crippen LogP contribution in [0.5, 0.6) is 0 Å². The van der Waals surface area contributed by atoms with E-state index in [4.69, 9.17) is 0 Å². The second-order valence-electron chi connectivity index (χ2n) is 6.18. The Bertz CT molecular complexity index is 342. The SMILES string of the molecule is CC(C)CN(CCc1ccccc1)CC1CCCN1. The minimum atomic E-state index is 0.717. The van der Waals surface area contributed by atoms with Crippen LogP contribution in [0.25, 0.3) is 0 Å². The highest BCUT2D eigenvalue weighted by Gasteiger charge is 2.18. The molecule has 0 aliphatic carbocycles. The smallest absolute Gasteiger partial charge is 0.0195 e. The second kappa shape index (κ2) is 7.66. The number of nitrogens with one attached hydrogen (secondary N) is 1. The average molecular weight is 260 g/mol. The molecule has 0 radical (unpaired) electrons. The third-order valence-electron chi connectivity index (χ3n) is 3.82. The van der Waals surface area contributed by atoms with Crippen molar-refractivity contribution in [3.63, 3.8) is 0 Å². The van der Waals surface area contributed by atoms with Crippen molar-refractivity contribution >= 4 is 0 Å². The maximum absolute atomic E-state index is 3.62. The monoisotopic (exact) mass is 260 g/mol. The zero-order chi connectivity index (χ0) is 13.5. The quantitative estimate of drug-likeness (QED) is 0.811. The third kappa shape index (κ3) is 5.33. The van der Waals surface area contributed by atoms with Gasteiger partial charge in [-0.25, -0.2) is 0 Å². The molecule has 1 aliphatic rings. The Morgan fingerprint density at radius 1 is 1.26 bits per heavy atom. The van der Waals surface area contributed by atoms with Gasteiger partial charge in [0.05, 0.1) is 0 Å². The van der Waals surface area contributed by atoms with Gasteiger partial charge in [-0.2, -0.15) is 0 Å². The van der Waals surface area contributed by atoms with E-state index in [0.717, 1.165) is 12.0 Å². The lowest BCUT2D eigenvalue weighted by Gasteiger charge is -2.27. The van der Waals surface area contributed by atoms with E-state index in [-0.39, 0.29) is 0 Å². The molecule has 2 heteroatoms. The highest BCUT2D eigenvalue weighted by atomic mass is 15.2. The first-order valence-corrected chi connectivity index (χ1v) is 7.73. The van der Waals surface area contributed by atoms with Gasteiger partial charge in [0.1, 0.15) is 0 Å². The first-order valence-electron chi connectivity index (χ1n) is 7.73. The summed E-state index contributed by atoms with van der Waals surface area (Å²) in [7, 11) is 0. The van der Waals surface area contributed by atoms with Crippen molar-refractivity contribution in [1.82, 2.24) is 10.2 Å². The molecule has 19 heavy (non-hydrogen) atoms. The molecule has 1 atom stereocenters. The maximum atomic E-state index is 3.62. The van der Waals surface area contributed by atoms with Gasteiger partial charge in [0, 0.05) is 25.7 Å². The molecule has 1 aromatic rings. The number of hydrogen-bond acceptors (Lipinski definition) is 2. The van der Waals surface area contributed by atoms with Crippen LogP contribution in [0.2, 0.25) is 0 Å². The van der Waals surface area contributed by atoms with E-state index < -0.39 is 0 Å². The molecule has 1 fully saturated rings. The Morgan fingerprint density at radius 2 is 2.05 bits per heavy atom. The molecular formula is C17H28N2. The fraction of sp³-hybridized carbons (Fsp3) is 0.647. The molecule has 1 heterocycles. The van der Waals surface area contributed by atoms with Gasteiger partial charge in [0.25, 0.3) is 0 Å². The van der Waals surface area contributed by atoms with Crippen LogP contribution in [0.1, 0.15) is 32.3 Å². The average Bonchev–Trinajstić information content (AvgIpc) is 2.89. The van der Waals surface area contributed by atoms with Gasteiger partial charge in [0.2, 0.25) is 0 Å². The van der Waals surface area contributed by atoms with Crippen LogP contribution < -0.4 is 5.32 Å². The normalized spacial score (nSPS) is 19.5. The van der Waals surface area contributed by atoms with E-state index in [1.807, 2.05) is 0 Å². The lowest BCUT2D eigenvalue weighted by Crippen LogP contribution is -2.40. The molecular weight excluding hydrogens is 232 g/mol. The van der Waals surface area contributed by atoms with Crippen LogP contribution in [-0.4, -0.2) is 37.1 Å². The predicted molar refractivity (Wildman–Crippen MR) is 82.4 cm³/mol. The van der Waals surface area contributed by atoms with Crippen molar-refractivity contribution in [3.8, 4) is 0 Å². The third-order valence-corrected chi connectivity index (χ3v) is 3.82. The van der Waals surface area contributed by atoms with Gasteiger partial charge in [-0.15, -0.1) is 0 Å². The standard InChI is InChI=1S/C17H28N2/c1-15(2)13-19(14-17-9-6-11-18-17)12-10-16-7-4-3-5-8-16/h3-5,7-8,15,17-18H,6,9-14H2,1-2H3. The van der Waals surface area contributed by atoms with Gasteiger partial charge in [-0.3, -0.25) is 0 Å². The Morgan fingerprint density at radius 3 is 2.68 bits per heavy atom. The Labute approximate surface area is 118 Å². The van der Waals surface area contributed by atoms with Gasteiger partial charge < -0.3 is 10.2 Å². The van der Waals surface area contributed by atoms with E-state index in [0.29, 0.717) is 0 Å². The summed E-state index contributed by atoms with van der Waals surface area (Å²) >= 11 is 0. The summed E-state index contributed by atoms with van der Waals surface area (Å²) in [5.41, 5.74) is 1.45. The molecule has 0 aromatic heterocycles. The Balaban J connectivity index is 1.82. The Kier molecular flexibility index (Phi) is 5.87. The van der Waals surface area contributed by atoms with Crippen LogP contribution in [0.3, 0.4) is 0 Å². The van der Waals surface area contributed by atoms with E-state index in [1.165, 1.54) is 51.0 Å². The van der Waals surface area contributed by atoms with Gasteiger partial charge >= 0.3 is 0 Å². The maximum Gasteiger partial charge on any atom is 0.0195 e.